The normalized spacial score (nSPS) is 24.6. The fourth-order valence-corrected chi connectivity index (χ4v) is 4.13. The monoisotopic (exact) mass is 302 g/mol. The first-order valence-electron chi connectivity index (χ1n) is 6.44. The number of nitrogens with zero attached hydrogens (tertiary/aromatic N) is 1. The Morgan fingerprint density at radius 1 is 1.40 bits per heavy atom. The summed E-state index contributed by atoms with van der Waals surface area (Å²) in [5.74, 6) is -0.479. The van der Waals surface area contributed by atoms with E-state index in [1.165, 1.54) is 23.5 Å². The molecule has 0 amide bonds. The molecule has 1 aliphatic heterocycles. The fourth-order valence-electron chi connectivity index (χ4n) is 2.50. The predicted molar refractivity (Wildman–Crippen MR) is 73.5 cm³/mol. The number of ether oxygens (including phenoxy) is 1. The maximum atomic E-state index is 13.7. The van der Waals surface area contributed by atoms with Crippen LogP contribution in [-0.2, 0) is 10.0 Å². The van der Waals surface area contributed by atoms with Gasteiger partial charge < -0.3 is 10.5 Å². The van der Waals surface area contributed by atoms with E-state index >= 15 is 0 Å². The molecule has 2 unspecified atom stereocenters. The molecule has 0 radical (unpaired) electrons. The van der Waals surface area contributed by atoms with Crippen LogP contribution >= 0.6 is 0 Å². The Morgan fingerprint density at radius 3 is 2.65 bits per heavy atom. The molecule has 112 valence electrons. The van der Waals surface area contributed by atoms with Crippen molar-refractivity contribution >= 4 is 10.0 Å². The SMILES string of the molecule is COc1ccc(S(=O)(=O)N2CC(C)CC(N)C2)cc1F. The van der Waals surface area contributed by atoms with Gasteiger partial charge in [-0.3, -0.25) is 0 Å². The van der Waals surface area contributed by atoms with Gasteiger partial charge in [-0.05, 0) is 30.5 Å². The Hall–Kier alpha value is -1.18. The Balaban J connectivity index is 2.32. The van der Waals surface area contributed by atoms with Gasteiger partial charge in [0.25, 0.3) is 0 Å². The summed E-state index contributed by atoms with van der Waals surface area (Å²) in [6, 6.07) is 3.47. The highest BCUT2D eigenvalue weighted by atomic mass is 32.2. The van der Waals surface area contributed by atoms with E-state index in [-0.39, 0.29) is 29.1 Å². The highest BCUT2D eigenvalue weighted by molar-refractivity contribution is 7.89. The van der Waals surface area contributed by atoms with E-state index in [9.17, 15) is 12.8 Å². The summed E-state index contributed by atoms with van der Waals surface area (Å²) in [5, 5.41) is 0. The highest BCUT2D eigenvalue weighted by Crippen LogP contribution is 2.26. The van der Waals surface area contributed by atoms with Crippen molar-refractivity contribution < 1.29 is 17.5 Å². The summed E-state index contributed by atoms with van der Waals surface area (Å²) in [6.07, 6.45) is 0.795. The van der Waals surface area contributed by atoms with Crippen molar-refractivity contribution in [3.63, 3.8) is 0 Å². The van der Waals surface area contributed by atoms with Crippen LogP contribution in [0.25, 0.3) is 0 Å². The van der Waals surface area contributed by atoms with Crippen LogP contribution in [0.5, 0.6) is 5.75 Å². The van der Waals surface area contributed by atoms with Gasteiger partial charge >= 0.3 is 0 Å². The molecule has 1 aromatic carbocycles. The molecule has 20 heavy (non-hydrogen) atoms. The van der Waals surface area contributed by atoms with E-state index in [0.29, 0.717) is 6.54 Å². The largest absolute Gasteiger partial charge is 0.494 e. The minimum atomic E-state index is -3.72. The topological polar surface area (TPSA) is 72.6 Å². The summed E-state index contributed by atoms with van der Waals surface area (Å²) >= 11 is 0. The van der Waals surface area contributed by atoms with E-state index in [2.05, 4.69) is 0 Å². The number of rotatable bonds is 3. The van der Waals surface area contributed by atoms with Gasteiger partial charge in [0.2, 0.25) is 10.0 Å². The van der Waals surface area contributed by atoms with Gasteiger partial charge in [-0.2, -0.15) is 4.31 Å². The zero-order chi connectivity index (χ0) is 14.9. The molecule has 0 aliphatic carbocycles. The lowest BCUT2D eigenvalue weighted by atomic mass is 9.99. The van der Waals surface area contributed by atoms with Crippen LogP contribution in [0.1, 0.15) is 13.3 Å². The van der Waals surface area contributed by atoms with Gasteiger partial charge in [0, 0.05) is 19.1 Å². The number of methoxy groups -OCH3 is 1. The second-order valence-corrected chi connectivity index (χ2v) is 7.16. The number of nitrogens with two attached hydrogens (primary N) is 1. The first-order chi connectivity index (χ1) is 9.34. The van der Waals surface area contributed by atoms with Crippen LogP contribution in [-0.4, -0.2) is 39.0 Å². The number of piperidine rings is 1. The number of benzene rings is 1. The summed E-state index contributed by atoms with van der Waals surface area (Å²) in [5.41, 5.74) is 5.87. The van der Waals surface area contributed by atoms with E-state index in [4.69, 9.17) is 10.5 Å². The molecular weight excluding hydrogens is 283 g/mol. The van der Waals surface area contributed by atoms with E-state index < -0.39 is 15.8 Å². The fraction of sp³-hybridized carbons (Fsp3) is 0.538. The zero-order valence-electron chi connectivity index (χ0n) is 11.5. The van der Waals surface area contributed by atoms with Gasteiger partial charge in [-0.15, -0.1) is 0 Å². The van der Waals surface area contributed by atoms with Crippen LogP contribution in [0.15, 0.2) is 23.1 Å². The molecule has 0 spiro atoms. The van der Waals surface area contributed by atoms with Crippen LogP contribution in [0.3, 0.4) is 0 Å². The lowest BCUT2D eigenvalue weighted by Gasteiger charge is -2.33. The van der Waals surface area contributed by atoms with Crippen molar-refractivity contribution in [3.05, 3.63) is 24.0 Å². The van der Waals surface area contributed by atoms with Crippen LogP contribution < -0.4 is 10.5 Å². The number of hydrogen-bond donors (Lipinski definition) is 1. The number of sulfonamides is 1. The second kappa shape index (κ2) is 5.67. The third kappa shape index (κ3) is 2.94. The van der Waals surface area contributed by atoms with Crippen molar-refractivity contribution in [1.29, 1.82) is 0 Å². The quantitative estimate of drug-likeness (QED) is 0.910. The summed E-state index contributed by atoms with van der Waals surface area (Å²) in [7, 11) is -2.39. The van der Waals surface area contributed by atoms with Crippen molar-refractivity contribution in [2.45, 2.75) is 24.3 Å². The lowest BCUT2D eigenvalue weighted by molar-refractivity contribution is 0.254. The average molecular weight is 302 g/mol. The molecule has 1 aromatic rings. The van der Waals surface area contributed by atoms with Crippen LogP contribution in [0.4, 0.5) is 4.39 Å². The maximum absolute atomic E-state index is 13.7. The molecule has 1 heterocycles. The second-order valence-electron chi connectivity index (χ2n) is 5.22. The van der Waals surface area contributed by atoms with Crippen LogP contribution in [0, 0.1) is 11.7 Å². The Kier molecular flexibility index (Phi) is 4.31. The first-order valence-corrected chi connectivity index (χ1v) is 7.88. The van der Waals surface area contributed by atoms with Gasteiger partial charge in [0.1, 0.15) is 0 Å². The first kappa shape index (κ1) is 15.2. The van der Waals surface area contributed by atoms with Crippen molar-refractivity contribution in [2.75, 3.05) is 20.2 Å². The van der Waals surface area contributed by atoms with Crippen molar-refractivity contribution in [2.24, 2.45) is 11.7 Å². The summed E-state index contributed by atoms with van der Waals surface area (Å²) < 4.78 is 44.8. The Morgan fingerprint density at radius 2 is 2.10 bits per heavy atom. The molecule has 0 aromatic heterocycles. The molecule has 2 atom stereocenters. The Labute approximate surface area is 118 Å². The van der Waals surface area contributed by atoms with Crippen molar-refractivity contribution in [1.82, 2.24) is 4.31 Å². The predicted octanol–water partition coefficient (Wildman–Crippen LogP) is 1.19. The minimum Gasteiger partial charge on any atom is -0.494 e. The van der Waals surface area contributed by atoms with Crippen molar-refractivity contribution in [3.8, 4) is 5.75 Å². The molecule has 1 fully saturated rings. The zero-order valence-corrected chi connectivity index (χ0v) is 12.4. The minimum absolute atomic E-state index is 0.0210. The highest BCUT2D eigenvalue weighted by Gasteiger charge is 2.32. The van der Waals surface area contributed by atoms with E-state index in [0.717, 1.165) is 12.5 Å². The van der Waals surface area contributed by atoms with Crippen LogP contribution in [0.2, 0.25) is 0 Å². The average Bonchev–Trinajstić information content (AvgIpc) is 2.37. The van der Waals surface area contributed by atoms with Gasteiger partial charge in [0.05, 0.1) is 12.0 Å². The number of hydrogen-bond acceptors (Lipinski definition) is 4. The van der Waals surface area contributed by atoms with Gasteiger partial charge in [-0.1, -0.05) is 6.92 Å². The third-order valence-electron chi connectivity index (χ3n) is 3.42. The molecule has 0 bridgehead atoms. The van der Waals surface area contributed by atoms with Gasteiger partial charge in [-0.25, -0.2) is 12.8 Å². The molecule has 5 nitrogen and oxygen atoms in total. The molecule has 0 saturated carbocycles. The van der Waals surface area contributed by atoms with E-state index in [1.807, 2.05) is 6.92 Å². The Bertz CT molecular complexity index is 581. The maximum Gasteiger partial charge on any atom is 0.243 e. The molecular formula is C13H19FN2O3S. The third-order valence-corrected chi connectivity index (χ3v) is 5.25. The molecule has 7 heteroatoms. The van der Waals surface area contributed by atoms with Gasteiger partial charge in [0.15, 0.2) is 11.6 Å². The smallest absolute Gasteiger partial charge is 0.243 e. The summed E-state index contributed by atoms with van der Waals surface area (Å²) in [6.45, 7) is 2.63. The standard InChI is InChI=1S/C13H19FN2O3S/c1-9-5-10(15)8-16(7-9)20(17,18)11-3-4-13(19-2)12(14)6-11/h3-4,6,9-10H,5,7-8,15H2,1-2H3. The van der Waals surface area contributed by atoms with E-state index in [1.54, 1.807) is 0 Å². The number of halogens is 1. The molecule has 1 saturated heterocycles. The molecule has 2 rings (SSSR count). The lowest BCUT2D eigenvalue weighted by Crippen LogP contribution is -2.48. The summed E-state index contributed by atoms with van der Waals surface area (Å²) in [4.78, 5) is -0.0721. The molecule has 1 aliphatic rings. The molecule has 2 N–H and O–H groups in total.